The number of H-pyrrole nitrogens is 1. The number of hydrogen-bond donors (Lipinski definition) is 3. The van der Waals surface area contributed by atoms with E-state index in [0.717, 1.165) is 18.0 Å². The molecule has 1 aliphatic rings. The molecule has 3 N–H and O–H groups in total. The molecule has 60 heavy (non-hydrogen) atoms. The lowest BCUT2D eigenvalue weighted by Crippen LogP contribution is -2.35. The van der Waals surface area contributed by atoms with E-state index in [1.807, 2.05) is 0 Å². The Hall–Kier alpha value is -3.14. The average molecular weight is 875 g/mol. The number of aryl methyl sites for hydroxylation is 1. The van der Waals surface area contributed by atoms with Crippen LogP contribution in [0.4, 0.5) is 10.1 Å². The number of ether oxygens (including phenoxy) is 8. The summed E-state index contributed by atoms with van der Waals surface area (Å²) in [7, 11) is -2.99. The molecule has 0 saturated heterocycles. The van der Waals surface area contributed by atoms with Crippen LogP contribution in [0.2, 0.25) is 0 Å². The number of benzene rings is 1. The van der Waals surface area contributed by atoms with Crippen molar-refractivity contribution in [3.8, 4) is 0 Å². The number of carbonyl (C=O) groups is 2. The highest BCUT2D eigenvalue weighted by Gasteiger charge is 2.35. The molecule has 2 amide bonds. The van der Waals surface area contributed by atoms with Gasteiger partial charge in [0.2, 0.25) is 0 Å². The van der Waals surface area contributed by atoms with E-state index in [9.17, 15) is 23.4 Å². The standard InChI is InChI=1S/C40H64FN4O14P/c1-6-44(7-2)11-10-42-39(46)38-31(3)36(43-32(38)4)29-35-34-28-33(41)8-9-37(34)45(40(35)47)30-59-60(48,49)58-27-26-57-25-24-56-23-22-55-21-20-54-19-18-53-17-16-52-15-14-51-13-12-50-5/h8-9,28-29,43H,6-7,10-27,30H2,1-5H3,(H,42,46)(H,48,49). The Morgan fingerprint density at radius 3 is 1.82 bits per heavy atom. The van der Waals surface area contributed by atoms with Gasteiger partial charge >= 0.3 is 7.82 Å². The van der Waals surface area contributed by atoms with Crippen LogP contribution < -0.4 is 10.2 Å². The minimum absolute atomic E-state index is 0.0192. The summed E-state index contributed by atoms with van der Waals surface area (Å²) in [5.74, 6) is -1.42. The number of anilines is 1. The van der Waals surface area contributed by atoms with Crippen LogP contribution in [-0.4, -0.2) is 172 Å². The second-order valence-electron chi connectivity index (χ2n) is 13.2. The topological polar surface area (TPSA) is 198 Å². The second-order valence-corrected chi connectivity index (χ2v) is 14.7. The summed E-state index contributed by atoms with van der Waals surface area (Å²) in [6.07, 6.45) is 1.54. The molecule has 340 valence electrons. The Morgan fingerprint density at radius 1 is 0.817 bits per heavy atom. The van der Waals surface area contributed by atoms with Gasteiger partial charge in [-0.2, -0.15) is 0 Å². The Labute approximate surface area is 352 Å². The van der Waals surface area contributed by atoms with Crippen LogP contribution in [0.25, 0.3) is 11.6 Å². The van der Waals surface area contributed by atoms with Crippen molar-refractivity contribution in [3.63, 3.8) is 0 Å². The molecule has 3 rings (SSSR count). The van der Waals surface area contributed by atoms with E-state index in [2.05, 4.69) is 29.0 Å². The maximum Gasteiger partial charge on any atom is 0.474 e. The zero-order chi connectivity index (χ0) is 43.6. The number of amides is 2. The molecule has 0 radical (unpaired) electrons. The Morgan fingerprint density at radius 2 is 1.32 bits per heavy atom. The molecule has 2 aromatic rings. The molecule has 1 atom stereocenters. The Kier molecular flexibility index (Phi) is 24.9. The summed E-state index contributed by atoms with van der Waals surface area (Å²) in [6.45, 7) is 15.7. The fourth-order valence-corrected chi connectivity index (χ4v) is 6.54. The highest BCUT2D eigenvalue weighted by atomic mass is 31.2. The van der Waals surface area contributed by atoms with Gasteiger partial charge in [-0.3, -0.25) is 23.5 Å². The van der Waals surface area contributed by atoms with E-state index in [0.29, 0.717) is 115 Å². The SMILES string of the molecule is CCN(CC)CCNC(=O)c1c(C)[nH]c(C=C2C(=O)N(COP(=O)(O)OCCOCCOCCOCCOCCOCCOCCOCCOC)c3ccc(F)cc32)c1C. The normalized spacial score (nSPS) is 14.4. The Bertz CT molecular complexity index is 1640. The number of phosphoric acid groups is 1. The number of carbonyl (C=O) groups excluding carboxylic acids is 2. The van der Waals surface area contributed by atoms with Gasteiger partial charge in [0.05, 0.1) is 123 Å². The fraction of sp³-hybridized carbons (Fsp3) is 0.650. The minimum Gasteiger partial charge on any atom is -0.382 e. The summed E-state index contributed by atoms with van der Waals surface area (Å²) in [5.41, 5.74) is 2.82. The van der Waals surface area contributed by atoms with E-state index in [1.54, 1.807) is 21.0 Å². The van der Waals surface area contributed by atoms with Gasteiger partial charge in [-0.15, -0.1) is 0 Å². The first-order chi connectivity index (χ1) is 29.0. The van der Waals surface area contributed by atoms with Crippen molar-refractivity contribution in [2.24, 2.45) is 0 Å². The fourth-order valence-electron chi connectivity index (χ4n) is 5.90. The Balaban J connectivity index is 1.29. The van der Waals surface area contributed by atoms with Crippen molar-refractivity contribution in [1.82, 2.24) is 15.2 Å². The smallest absolute Gasteiger partial charge is 0.382 e. The molecule has 0 bridgehead atoms. The average Bonchev–Trinajstić information content (AvgIpc) is 3.65. The molecule has 1 aromatic carbocycles. The first-order valence-corrected chi connectivity index (χ1v) is 21.7. The molecule has 18 nitrogen and oxygen atoms in total. The molecule has 0 spiro atoms. The monoisotopic (exact) mass is 874 g/mol. The van der Waals surface area contributed by atoms with Gasteiger partial charge in [0, 0.05) is 37.2 Å². The third kappa shape index (κ3) is 18.5. The van der Waals surface area contributed by atoms with E-state index < -0.39 is 26.3 Å². The number of rotatable bonds is 35. The molecule has 1 unspecified atom stereocenters. The van der Waals surface area contributed by atoms with Crippen LogP contribution in [0.1, 0.15) is 46.7 Å². The number of aromatic nitrogens is 1. The third-order valence-electron chi connectivity index (χ3n) is 9.11. The van der Waals surface area contributed by atoms with E-state index in [-0.39, 0.29) is 49.2 Å². The predicted octanol–water partition coefficient (Wildman–Crippen LogP) is 3.58. The summed E-state index contributed by atoms with van der Waals surface area (Å²) < 4.78 is 80.1. The summed E-state index contributed by atoms with van der Waals surface area (Å²) in [5, 5.41) is 2.95. The second kappa shape index (κ2) is 29.2. The number of aromatic amines is 1. The van der Waals surface area contributed by atoms with Crippen LogP contribution >= 0.6 is 7.82 Å². The molecule has 2 heterocycles. The van der Waals surface area contributed by atoms with Crippen molar-refractivity contribution < 1.29 is 70.4 Å². The number of nitrogens with zero attached hydrogens (tertiary/aromatic N) is 2. The minimum atomic E-state index is -4.62. The highest BCUT2D eigenvalue weighted by Crippen LogP contribution is 2.45. The third-order valence-corrected chi connectivity index (χ3v) is 10.1. The van der Waals surface area contributed by atoms with Gasteiger partial charge in [0.15, 0.2) is 0 Å². The van der Waals surface area contributed by atoms with E-state index >= 15 is 0 Å². The molecule has 0 aliphatic carbocycles. The van der Waals surface area contributed by atoms with Crippen molar-refractivity contribution in [2.45, 2.75) is 27.7 Å². The number of fused-ring (bicyclic) bond motifs is 1. The molecule has 0 fully saturated rings. The van der Waals surface area contributed by atoms with Gasteiger partial charge in [0.1, 0.15) is 12.5 Å². The summed E-state index contributed by atoms with van der Waals surface area (Å²) >= 11 is 0. The molecular weight excluding hydrogens is 810 g/mol. The van der Waals surface area contributed by atoms with Gasteiger partial charge < -0.3 is 58.0 Å². The molecular formula is C40H64FN4O14P. The lowest BCUT2D eigenvalue weighted by Gasteiger charge is -2.19. The van der Waals surface area contributed by atoms with Crippen LogP contribution in [-0.2, 0) is 56.3 Å². The van der Waals surface area contributed by atoms with Crippen LogP contribution in [0.3, 0.4) is 0 Å². The summed E-state index contributed by atoms with van der Waals surface area (Å²) in [4.78, 5) is 43.5. The number of halogens is 1. The van der Waals surface area contributed by atoms with E-state index in [1.165, 1.54) is 24.3 Å². The predicted molar refractivity (Wildman–Crippen MR) is 221 cm³/mol. The highest BCUT2D eigenvalue weighted by molar-refractivity contribution is 7.47. The maximum absolute atomic E-state index is 14.4. The van der Waals surface area contributed by atoms with Crippen LogP contribution in [0.5, 0.6) is 0 Å². The van der Waals surface area contributed by atoms with Gasteiger partial charge in [0.25, 0.3) is 11.8 Å². The zero-order valence-electron chi connectivity index (χ0n) is 35.6. The number of methoxy groups -OCH3 is 1. The quantitative estimate of drug-likeness (QED) is 0.0516. The van der Waals surface area contributed by atoms with Gasteiger partial charge in [-0.25, -0.2) is 8.96 Å². The molecule has 1 aliphatic heterocycles. The molecule has 1 aromatic heterocycles. The maximum atomic E-state index is 14.4. The summed E-state index contributed by atoms with van der Waals surface area (Å²) in [6, 6.07) is 3.76. The van der Waals surface area contributed by atoms with Crippen molar-refractivity contribution in [2.75, 3.05) is 151 Å². The van der Waals surface area contributed by atoms with Gasteiger partial charge in [-0.05, 0) is 56.8 Å². The number of hydrogen-bond acceptors (Lipinski definition) is 14. The zero-order valence-corrected chi connectivity index (χ0v) is 36.5. The van der Waals surface area contributed by atoms with Crippen molar-refractivity contribution in [3.05, 3.63) is 52.1 Å². The lowest BCUT2D eigenvalue weighted by molar-refractivity contribution is -0.113. The first kappa shape index (κ1) is 51.2. The molecule has 20 heteroatoms. The van der Waals surface area contributed by atoms with Crippen molar-refractivity contribution >= 4 is 37.0 Å². The number of nitrogens with one attached hydrogen (secondary N) is 2. The lowest BCUT2D eigenvalue weighted by atomic mass is 10.0. The van der Waals surface area contributed by atoms with Gasteiger partial charge in [-0.1, -0.05) is 13.8 Å². The van der Waals surface area contributed by atoms with E-state index in [4.69, 9.17) is 46.9 Å². The van der Waals surface area contributed by atoms with Crippen molar-refractivity contribution in [1.29, 1.82) is 0 Å². The largest absolute Gasteiger partial charge is 0.474 e. The van der Waals surface area contributed by atoms with Crippen LogP contribution in [0, 0.1) is 19.7 Å². The van der Waals surface area contributed by atoms with Crippen LogP contribution in [0.15, 0.2) is 18.2 Å². The number of phosphoric ester groups is 1. The first-order valence-electron chi connectivity index (χ1n) is 20.2. The molecule has 0 saturated carbocycles. The number of likely N-dealkylation sites (N-methyl/N-ethyl adjacent to an activating group) is 1.